The van der Waals surface area contributed by atoms with Crippen molar-refractivity contribution in [1.29, 1.82) is 0 Å². The molecule has 10 nitrogen and oxygen atoms in total. The molecule has 5 atom stereocenters. The molecule has 1 aliphatic heterocycles. The second-order valence-electron chi connectivity index (χ2n) is 4.95. The van der Waals surface area contributed by atoms with Crippen LogP contribution in [0.4, 0.5) is 0 Å². The molecule has 0 spiro atoms. The Morgan fingerprint density at radius 1 is 1.27 bits per heavy atom. The van der Waals surface area contributed by atoms with Gasteiger partial charge >= 0.3 is 10.4 Å². The van der Waals surface area contributed by atoms with Gasteiger partial charge < -0.3 is 25.2 Å². The largest absolute Gasteiger partial charge is 0.466 e. The van der Waals surface area contributed by atoms with Crippen LogP contribution in [-0.2, 0) is 19.4 Å². The van der Waals surface area contributed by atoms with E-state index in [2.05, 4.69) is 9.44 Å². The Hall–Kier alpha value is 1.26. The third-order valence-electron chi connectivity index (χ3n) is 3.09. The van der Waals surface area contributed by atoms with Crippen molar-refractivity contribution in [3.05, 3.63) is 11.5 Å². The molecular formula is C12H21KNO9S3. The van der Waals surface area contributed by atoms with Gasteiger partial charge in [0, 0.05) is 57.8 Å². The maximum atomic E-state index is 10.7. The molecule has 0 bridgehead atoms. The summed E-state index contributed by atoms with van der Waals surface area (Å²) in [5.41, 5.74) is -1.14. The van der Waals surface area contributed by atoms with Crippen LogP contribution in [0.1, 0.15) is 12.8 Å². The zero-order valence-electron chi connectivity index (χ0n) is 14.2. The number of oxime groups is 1. The normalized spacial score (nSPS) is 30.2. The average Bonchev–Trinajstić information content (AvgIpc) is 2.55. The van der Waals surface area contributed by atoms with Gasteiger partial charge in [0.05, 0.1) is 6.61 Å². The smallest absolute Gasteiger partial charge is 0.394 e. The Morgan fingerprint density at radius 2 is 1.92 bits per heavy atom. The summed E-state index contributed by atoms with van der Waals surface area (Å²) in [4.78, 5) is 0. The number of thioether (sulfide) groups is 2. The average molecular weight is 459 g/mol. The van der Waals surface area contributed by atoms with E-state index in [4.69, 9.17) is 14.4 Å². The van der Waals surface area contributed by atoms with Crippen LogP contribution >= 0.6 is 23.5 Å². The van der Waals surface area contributed by atoms with E-state index >= 15 is 0 Å². The van der Waals surface area contributed by atoms with E-state index in [1.807, 2.05) is 6.26 Å². The number of hydrogen-bond acceptors (Lipinski definition) is 11. The van der Waals surface area contributed by atoms with E-state index in [1.54, 1.807) is 11.5 Å². The minimum Gasteiger partial charge on any atom is -0.394 e. The minimum absolute atomic E-state index is 0. The van der Waals surface area contributed by atoms with E-state index < -0.39 is 46.9 Å². The number of aliphatic hydroxyl groups excluding tert-OH is 4. The van der Waals surface area contributed by atoms with Gasteiger partial charge in [0.15, 0.2) is 0 Å². The van der Waals surface area contributed by atoms with E-state index in [1.165, 1.54) is 11.8 Å². The Labute approximate surface area is 202 Å². The Bertz CT molecular complexity index is 572. The molecule has 0 aliphatic carbocycles. The fourth-order valence-corrected chi connectivity index (χ4v) is 3.53. The van der Waals surface area contributed by atoms with Crippen molar-refractivity contribution in [1.82, 2.24) is 0 Å². The molecule has 147 valence electrons. The third kappa shape index (κ3) is 9.64. The van der Waals surface area contributed by atoms with Crippen LogP contribution in [0.15, 0.2) is 16.6 Å². The van der Waals surface area contributed by atoms with E-state index in [0.29, 0.717) is 6.42 Å². The van der Waals surface area contributed by atoms with Gasteiger partial charge in [-0.3, -0.25) is 4.55 Å². The van der Waals surface area contributed by atoms with Crippen molar-refractivity contribution in [2.24, 2.45) is 5.16 Å². The fraction of sp³-hybridized carbons (Fsp3) is 0.750. The van der Waals surface area contributed by atoms with Gasteiger partial charge in [0.25, 0.3) is 0 Å². The van der Waals surface area contributed by atoms with Gasteiger partial charge in [0.2, 0.25) is 0 Å². The Morgan fingerprint density at radius 3 is 2.46 bits per heavy atom. The maximum absolute atomic E-state index is 10.7. The van der Waals surface area contributed by atoms with Crippen molar-refractivity contribution in [2.75, 3.05) is 12.9 Å². The molecule has 26 heavy (non-hydrogen) atoms. The second kappa shape index (κ2) is 13.5. The zero-order valence-corrected chi connectivity index (χ0v) is 19.8. The molecule has 1 aliphatic rings. The standard InChI is InChI=1S/C12H21NO9S3.K/c1-23-5-3-2-4-8(13-22-25(18,19)20)24-12-11(17)10(16)9(15)7(6-14)21-12;/h3,5,7,9-12,14-17H,2,4,6H2,1H3,(H,18,19,20);/t7-,9-,10+,11-,12+;/m1./s1. The van der Waals surface area contributed by atoms with Crippen LogP contribution in [0.25, 0.3) is 0 Å². The van der Waals surface area contributed by atoms with Gasteiger partial charge in [-0.1, -0.05) is 23.0 Å². The number of hydrogen-bond donors (Lipinski definition) is 5. The molecule has 0 aromatic heterocycles. The summed E-state index contributed by atoms with van der Waals surface area (Å²) >= 11 is 2.21. The van der Waals surface area contributed by atoms with Crippen LogP contribution in [0.3, 0.4) is 0 Å². The van der Waals surface area contributed by atoms with Crippen molar-refractivity contribution in [2.45, 2.75) is 42.7 Å². The summed E-state index contributed by atoms with van der Waals surface area (Å²) < 4.78 is 39.3. The molecule has 0 unspecified atom stereocenters. The summed E-state index contributed by atoms with van der Waals surface area (Å²) in [6.07, 6.45) is -1.38. The van der Waals surface area contributed by atoms with Gasteiger partial charge in [-0.25, -0.2) is 4.28 Å². The molecule has 0 aromatic rings. The molecule has 0 saturated carbocycles. The summed E-state index contributed by atoms with van der Waals surface area (Å²) in [6, 6.07) is 0. The van der Waals surface area contributed by atoms with Crippen LogP contribution in [0, 0.1) is 0 Å². The van der Waals surface area contributed by atoms with Gasteiger partial charge in [-0.15, -0.1) is 11.8 Å². The van der Waals surface area contributed by atoms with Crippen LogP contribution in [0.2, 0.25) is 0 Å². The second-order valence-corrected chi connectivity index (χ2v) is 7.87. The summed E-state index contributed by atoms with van der Waals surface area (Å²) in [5.74, 6) is 0. The van der Waals surface area contributed by atoms with Crippen molar-refractivity contribution >= 4 is 90.4 Å². The monoisotopic (exact) mass is 458 g/mol. The van der Waals surface area contributed by atoms with Gasteiger partial charge in [-0.2, -0.15) is 8.42 Å². The topological polar surface area (TPSA) is 166 Å². The van der Waals surface area contributed by atoms with Gasteiger partial charge in [-0.05, 0) is 18.1 Å². The molecule has 0 amide bonds. The van der Waals surface area contributed by atoms with Crippen molar-refractivity contribution < 1.29 is 42.4 Å². The van der Waals surface area contributed by atoms with Crippen LogP contribution in [-0.4, -0.2) is 133 Å². The Balaban J connectivity index is 0.00000625. The molecule has 0 aromatic carbocycles. The first-order valence-corrected chi connectivity index (χ1v) is 10.6. The molecule has 1 fully saturated rings. The molecule has 1 rings (SSSR count). The number of ether oxygens (including phenoxy) is 1. The predicted molar refractivity (Wildman–Crippen MR) is 99.1 cm³/mol. The van der Waals surface area contributed by atoms with E-state index in [9.17, 15) is 23.7 Å². The third-order valence-corrected chi connectivity index (χ3v) is 4.99. The molecule has 5 N–H and O–H groups in total. The number of nitrogens with zero attached hydrogens (tertiary/aromatic N) is 1. The summed E-state index contributed by atoms with van der Waals surface area (Å²) in [7, 11) is -4.80. The fourth-order valence-electron chi connectivity index (χ4n) is 1.88. The molecular weight excluding hydrogens is 437 g/mol. The van der Waals surface area contributed by atoms with Crippen LogP contribution < -0.4 is 0 Å². The van der Waals surface area contributed by atoms with Crippen molar-refractivity contribution in [3.8, 4) is 0 Å². The van der Waals surface area contributed by atoms with E-state index in [0.717, 1.165) is 11.8 Å². The summed E-state index contributed by atoms with van der Waals surface area (Å²) in [5, 5.41) is 43.8. The number of allylic oxidation sites excluding steroid dienone is 1. The van der Waals surface area contributed by atoms with Crippen molar-refractivity contribution in [3.63, 3.8) is 0 Å². The van der Waals surface area contributed by atoms with Crippen LogP contribution in [0.5, 0.6) is 0 Å². The predicted octanol–water partition coefficient (Wildman–Crippen LogP) is -1.07. The zero-order chi connectivity index (χ0) is 19.0. The molecule has 1 radical (unpaired) electrons. The number of aliphatic hydroxyl groups is 4. The SMILES string of the molecule is CSC=CCCC(=NOS(=O)(=O)O)S[C@@H]1O[C@H](CO)[C@@H](O)[C@H](O)[C@H]1O.[K]. The molecule has 1 saturated heterocycles. The maximum Gasteiger partial charge on any atom is 0.466 e. The van der Waals surface area contributed by atoms with Gasteiger partial charge in [0.1, 0.15) is 34.9 Å². The van der Waals surface area contributed by atoms with E-state index in [-0.39, 0.29) is 62.8 Å². The minimum atomic E-state index is -4.80. The molecule has 1 heterocycles. The number of rotatable bonds is 8. The first-order valence-electron chi connectivity index (χ1n) is 7.07. The quantitative estimate of drug-likeness (QED) is 0.0988. The first kappa shape index (κ1) is 27.3. The molecule has 14 heteroatoms. The first-order chi connectivity index (χ1) is 11.7. The summed E-state index contributed by atoms with van der Waals surface area (Å²) in [6.45, 7) is -0.591. The Kier molecular flexibility index (Phi) is 14.1.